The van der Waals surface area contributed by atoms with Gasteiger partial charge in [0.05, 0.1) is 48.2 Å². The van der Waals surface area contributed by atoms with E-state index in [9.17, 15) is 19.5 Å². The van der Waals surface area contributed by atoms with E-state index in [1.165, 1.54) is 25.5 Å². The van der Waals surface area contributed by atoms with Crippen LogP contribution in [-0.4, -0.2) is 69.1 Å². The van der Waals surface area contributed by atoms with Crippen molar-refractivity contribution in [3.8, 4) is 17.2 Å². The number of rotatable bonds is 14. The summed E-state index contributed by atoms with van der Waals surface area (Å²) in [5, 5.41) is 19.9. The summed E-state index contributed by atoms with van der Waals surface area (Å²) >= 11 is 12.5. The minimum atomic E-state index is -1.22. The number of carbonyl (C=O) groups excluding carboxylic acids is 3. The average molecular weight is 639 g/mol. The SMILES string of the molecule is CCOC(=O)COc1c(Cl)cc(/C=N\N[C@H](O)COc2ccc([C@H]3NC(=O)NC(C)=C3C(=O)OC)cc2OCC)cc1Cl. The van der Waals surface area contributed by atoms with Gasteiger partial charge >= 0.3 is 18.0 Å². The highest BCUT2D eigenvalue weighted by atomic mass is 35.5. The Morgan fingerprint density at radius 3 is 2.47 bits per heavy atom. The lowest BCUT2D eigenvalue weighted by atomic mass is 9.95. The van der Waals surface area contributed by atoms with E-state index in [0.29, 0.717) is 34.9 Å². The monoisotopic (exact) mass is 638 g/mol. The van der Waals surface area contributed by atoms with Crippen LogP contribution in [0.25, 0.3) is 0 Å². The summed E-state index contributed by atoms with van der Waals surface area (Å²) in [7, 11) is 1.26. The number of nitrogens with one attached hydrogen (secondary N) is 3. The molecule has 1 aliphatic rings. The zero-order valence-electron chi connectivity index (χ0n) is 23.9. The number of esters is 2. The Morgan fingerprint density at radius 2 is 1.81 bits per heavy atom. The summed E-state index contributed by atoms with van der Waals surface area (Å²) in [6.45, 7) is 5.04. The first-order valence-corrected chi connectivity index (χ1v) is 13.8. The number of urea groups is 1. The van der Waals surface area contributed by atoms with Crippen molar-refractivity contribution < 1.29 is 43.2 Å². The van der Waals surface area contributed by atoms with Crippen molar-refractivity contribution in [2.45, 2.75) is 33.0 Å². The maximum absolute atomic E-state index is 12.4. The molecule has 0 radical (unpaired) electrons. The van der Waals surface area contributed by atoms with Crippen LogP contribution in [0.4, 0.5) is 4.79 Å². The van der Waals surface area contributed by atoms with Gasteiger partial charge in [-0.2, -0.15) is 5.10 Å². The number of hydrogen-bond acceptors (Lipinski definition) is 11. The van der Waals surface area contributed by atoms with Gasteiger partial charge in [0, 0.05) is 5.70 Å². The molecule has 0 bridgehead atoms. The van der Waals surface area contributed by atoms with Gasteiger partial charge < -0.3 is 39.4 Å². The molecule has 2 atom stereocenters. The molecule has 0 aromatic heterocycles. The number of hydrogen-bond donors (Lipinski definition) is 4. The highest BCUT2D eigenvalue weighted by Crippen LogP contribution is 2.35. The Balaban J connectivity index is 1.64. The molecular formula is C28H32Cl2N4O9. The van der Waals surface area contributed by atoms with Gasteiger partial charge in [-0.1, -0.05) is 29.3 Å². The van der Waals surface area contributed by atoms with Crippen LogP contribution in [0.1, 0.15) is 37.9 Å². The third-order valence-corrected chi connectivity index (χ3v) is 6.33. The maximum atomic E-state index is 12.4. The molecule has 2 amide bonds. The summed E-state index contributed by atoms with van der Waals surface area (Å²) in [5.74, 6) is -0.375. The molecule has 0 saturated carbocycles. The first kappa shape index (κ1) is 33.3. The number of amides is 2. The number of nitrogens with zero attached hydrogens (tertiary/aromatic N) is 1. The lowest BCUT2D eigenvalue weighted by Gasteiger charge is -2.28. The van der Waals surface area contributed by atoms with Gasteiger partial charge in [0.2, 0.25) is 0 Å². The molecule has 15 heteroatoms. The summed E-state index contributed by atoms with van der Waals surface area (Å²) in [6.07, 6.45) is 0.155. The summed E-state index contributed by atoms with van der Waals surface area (Å²) in [6, 6.07) is 6.69. The van der Waals surface area contributed by atoms with Gasteiger partial charge in [0.25, 0.3) is 0 Å². The van der Waals surface area contributed by atoms with E-state index in [2.05, 4.69) is 21.2 Å². The van der Waals surface area contributed by atoms with Crippen molar-refractivity contribution in [3.63, 3.8) is 0 Å². The second-order valence-electron chi connectivity index (χ2n) is 8.82. The number of carbonyl (C=O) groups is 3. The van der Waals surface area contributed by atoms with Crippen LogP contribution in [0.15, 0.2) is 46.7 Å². The van der Waals surface area contributed by atoms with Gasteiger partial charge in [-0.15, -0.1) is 0 Å². The molecule has 0 spiro atoms. The van der Waals surface area contributed by atoms with Crippen LogP contribution in [0.2, 0.25) is 10.0 Å². The van der Waals surface area contributed by atoms with Crippen LogP contribution in [-0.2, 0) is 19.1 Å². The number of aliphatic hydroxyl groups excluding tert-OH is 1. The molecule has 4 N–H and O–H groups in total. The molecule has 0 saturated heterocycles. The Hall–Kier alpha value is -4.20. The first-order chi connectivity index (χ1) is 20.6. The topological polar surface area (TPSA) is 166 Å². The molecule has 43 heavy (non-hydrogen) atoms. The van der Waals surface area contributed by atoms with E-state index in [0.717, 1.165) is 0 Å². The second-order valence-corrected chi connectivity index (χ2v) is 9.64. The van der Waals surface area contributed by atoms with E-state index in [1.807, 2.05) is 0 Å². The predicted octanol–water partition coefficient (Wildman–Crippen LogP) is 3.46. The Kier molecular flexibility index (Phi) is 12.3. The molecule has 232 valence electrons. The number of allylic oxidation sites excluding steroid dienone is 1. The van der Waals surface area contributed by atoms with Crippen molar-refractivity contribution >= 4 is 47.4 Å². The van der Waals surface area contributed by atoms with Gasteiger partial charge in [0.15, 0.2) is 30.1 Å². The molecule has 0 aliphatic carbocycles. The molecule has 2 aromatic rings. The van der Waals surface area contributed by atoms with E-state index >= 15 is 0 Å². The predicted molar refractivity (Wildman–Crippen MR) is 158 cm³/mol. The van der Waals surface area contributed by atoms with Crippen LogP contribution < -0.4 is 30.3 Å². The van der Waals surface area contributed by atoms with Crippen LogP contribution in [0.3, 0.4) is 0 Å². The summed E-state index contributed by atoms with van der Waals surface area (Å²) in [4.78, 5) is 36.0. The average Bonchev–Trinajstić information content (AvgIpc) is 2.95. The number of ether oxygens (including phenoxy) is 5. The Bertz CT molecular complexity index is 1380. The number of aliphatic hydroxyl groups is 1. The highest BCUT2D eigenvalue weighted by molar-refractivity contribution is 6.37. The number of benzene rings is 2. The number of methoxy groups -OCH3 is 1. The molecule has 2 aromatic carbocycles. The van der Waals surface area contributed by atoms with Crippen molar-refractivity contribution in [1.29, 1.82) is 0 Å². The van der Waals surface area contributed by atoms with Crippen LogP contribution in [0.5, 0.6) is 17.2 Å². The quantitative estimate of drug-likeness (QED) is 0.104. The third-order valence-electron chi connectivity index (χ3n) is 5.77. The van der Waals surface area contributed by atoms with E-state index < -0.39 is 30.2 Å². The molecule has 3 rings (SSSR count). The third kappa shape index (κ3) is 9.14. The van der Waals surface area contributed by atoms with Gasteiger partial charge in [-0.05, 0) is 56.2 Å². The zero-order chi connectivity index (χ0) is 31.5. The molecule has 0 fully saturated rings. The van der Waals surface area contributed by atoms with Gasteiger partial charge in [-0.25, -0.2) is 14.4 Å². The lowest BCUT2D eigenvalue weighted by molar-refractivity contribution is -0.145. The van der Waals surface area contributed by atoms with Crippen molar-refractivity contribution in [3.05, 3.63) is 62.8 Å². The van der Waals surface area contributed by atoms with Crippen molar-refractivity contribution in [2.75, 3.05) is 33.5 Å². The van der Waals surface area contributed by atoms with Crippen molar-refractivity contribution in [1.82, 2.24) is 16.1 Å². The van der Waals surface area contributed by atoms with Crippen molar-refractivity contribution in [2.24, 2.45) is 5.10 Å². The highest BCUT2D eigenvalue weighted by Gasteiger charge is 2.32. The first-order valence-electron chi connectivity index (χ1n) is 13.1. The number of halogens is 2. The smallest absolute Gasteiger partial charge is 0.344 e. The summed E-state index contributed by atoms with van der Waals surface area (Å²) in [5.41, 5.74) is 4.20. The molecule has 1 heterocycles. The minimum absolute atomic E-state index is 0.126. The van der Waals surface area contributed by atoms with Gasteiger partial charge in [0.1, 0.15) is 6.61 Å². The van der Waals surface area contributed by atoms with E-state index in [-0.39, 0.29) is 41.2 Å². The fourth-order valence-electron chi connectivity index (χ4n) is 3.95. The Morgan fingerprint density at radius 1 is 1.09 bits per heavy atom. The zero-order valence-corrected chi connectivity index (χ0v) is 25.4. The molecule has 1 aliphatic heterocycles. The minimum Gasteiger partial charge on any atom is -0.490 e. The van der Waals surface area contributed by atoms with E-state index in [1.54, 1.807) is 39.0 Å². The van der Waals surface area contributed by atoms with E-state index in [4.69, 9.17) is 46.9 Å². The Labute approximate surface area is 258 Å². The fraction of sp³-hybridized carbons (Fsp3) is 0.357. The van der Waals surface area contributed by atoms with Crippen LogP contribution in [0, 0.1) is 0 Å². The molecular weight excluding hydrogens is 607 g/mol. The molecule has 13 nitrogen and oxygen atoms in total. The standard InChI is InChI=1S/C28H32Cl2N4O9/c1-5-40-21-11-17(25-24(27(37)39-4)15(3)32-28(38)33-25)7-8-20(21)42-13-22(35)34-31-12-16-9-18(29)26(19(30)10-16)43-14-23(36)41-6-2/h7-12,22,25,34-35H,5-6,13-14H2,1-4H3,(H2,32,33,38)/b31-12-/t22-,25-/m1/s1. The van der Waals surface area contributed by atoms with Crippen LogP contribution >= 0.6 is 23.2 Å². The van der Waals surface area contributed by atoms with Gasteiger partial charge in [-0.3, -0.25) is 5.43 Å². The largest absolute Gasteiger partial charge is 0.490 e. The molecule has 0 unspecified atom stereocenters. The summed E-state index contributed by atoms with van der Waals surface area (Å²) < 4.78 is 26.5. The maximum Gasteiger partial charge on any atom is 0.344 e. The fourth-order valence-corrected chi connectivity index (χ4v) is 4.56. The second kappa shape index (κ2) is 15.9. The normalized spacial score (nSPS) is 15.3. The number of hydrazone groups is 1. The lowest BCUT2D eigenvalue weighted by Crippen LogP contribution is -2.45.